The van der Waals surface area contributed by atoms with Gasteiger partial charge in [0, 0.05) is 12.1 Å². The number of nitriles is 1. The zero-order valence-corrected chi connectivity index (χ0v) is 14.1. The van der Waals surface area contributed by atoms with Gasteiger partial charge in [-0.25, -0.2) is 4.39 Å². The first-order chi connectivity index (χ1) is 10.8. The van der Waals surface area contributed by atoms with E-state index in [1.165, 1.54) is 12.1 Å². The number of benzene rings is 2. The lowest BCUT2D eigenvalue weighted by atomic mass is 9.81. The minimum Gasteiger partial charge on any atom is -0.303 e. The normalized spacial score (nSPS) is 14.1. The zero-order chi connectivity index (χ0) is 17.0. The van der Waals surface area contributed by atoms with Crippen LogP contribution in [0.15, 0.2) is 48.5 Å². The van der Waals surface area contributed by atoms with E-state index in [0.29, 0.717) is 5.56 Å². The average molecular weight is 310 g/mol. The van der Waals surface area contributed by atoms with E-state index in [1.54, 1.807) is 0 Å². The molecule has 0 aromatic heterocycles. The molecule has 0 bridgehead atoms. The SMILES string of the molecule is CC(NC(c1ccc(F)cc1)C(C)(C)C)c1ccc(C#N)cc1. The molecule has 23 heavy (non-hydrogen) atoms. The molecule has 2 unspecified atom stereocenters. The predicted molar refractivity (Wildman–Crippen MR) is 91.3 cm³/mol. The summed E-state index contributed by atoms with van der Waals surface area (Å²) in [5.74, 6) is -0.221. The number of nitrogens with one attached hydrogen (secondary N) is 1. The molecule has 0 saturated carbocycles. The van der Waals surface area contributed by atoms with Gasteiger partial charge in [0.05, 0.1) is 11.6 Å². The monoisotopic (exact) mass is 310 g/mol. The predicted octanol–water partition coefficient (Wildman–Crippen LogP) is 5.14. The number of rotatable bonds is 4. The molecule has 0 saturated heterocycles. The van der Waals surface area contributed by atoms with E-state index in [1.807, 2.05) is 36.4 Å². The summed E-state index contributed by atoms with van der Waals surface area (Å²) >= 11 is 0. The van der Waals surface area contributed by atoms with E-state index in [9.17, 15) is 4.39 Å². The molecule has 2 rings (SSSR count). The van der Waals surface area contributed by atoms with Gasteiger partial charge in [-0.05, 0) is 47.7 Å². The van der Waals surface area contributed by atoms with Crippen LogP contribution in [0.5, 0.6) is 0 Å². The van der Waals surface area contributed by atoms with Crippen LogP contribution < -0.4 is 5.32 Å². The third-order valence-electron chi connectivity index (χ3n) is 4.03. The molecule has 120 valence electrons. The van der Waals surface area contributed by atoms with E-state index in [2.05, 4.69) is 39.1 Å². The van der Waals surface area contributed by atoms with Gasteiger partial charge < -0.3 is 5.32 Å². The highest BCUT2D eigenvalue weighted by molar-refractivity contribution is 5.33. The van der Waals surface area contributed by atoms with Crippen molar-refractivity contribution >= 4 is 0 Å². The topological polar surface area (TPSA) is 35.8 Å². The summed E-state index contributed by atoms with van der Waals surface area (Å²) in [5.41, 5.74) is 2.84. The Kier molecular flexibility index (Phi) is 5.18. The Morgan fingerprint density at radius 3 is 1.96 bits per heavy atom. The maximum atomic E-state index is 13.2. The van der Waals surface area contributed by atoms with Gasteiger partial charge in [-0.3, -0.25) is 0 Å². The first-order valence-corrected chi connectivity index (χ1v) is 7.83. The Morgan fingerprint density at radius 1 is 0.957 bits per heavy atom. The second-order valence-electron chi connectivity index (χ2n) is 6.97. The van der Waals surface area contributed by atoms with E-state index in [4.69, 9.17) is 5.26 Å². The van der Waals surface area contributed by atoms with E-state index >= 15 is 0 Å². The average Bonchev–Trinajstić information content (AvgIpc) is 2.52. The van der Waals surface area contributed by atoms with Crippen LogP contribution in [0.1, 0.15) is 56.5 Å². The molecule has 2 aromatic carbocycles. The van der Waals surface area contributed by atoms with Crippen LogP contribution in [0.4, 0.5) is 4.39 Å². The smallest absolute Gasteiger partial charge is 0.123 e. The van der Waals surface area contributed by atoms with Gasteiger partial charge in [-0.15, -0.1) is 0 Å². The quantitative estimate of drug-likeness (QED) is 0.849. The van der Waals surface area contributed by atoms with Crippen molar-refractivity contribution in [2.45, 2.75) is 39.8 Å². The molecular formula is C20H23FN2. The minimum atomic E-state index is -0.221. The van der Waals surface area contributed by atoms with Gasteiger partial charge in [0.1, 0.15) is 5.82 Å². The van der Waals surface area contributed by atoms with Crippen molar-refractivity contribution in [3.8, 4) is 6.07 Å². The van der Waals surface area contributed by atoms with Crippen LogP contribution in [-0.4, -0.2) is 0 Å². The molecule has 0 radical (unpaired) electrons. The van der Waals surface area contributed by atoms with Crippen LogP contribution >= 0.6 is 0 Å². The van der Waals surface area contributed by atoms with Crippen LogP contribution in [0.25, 0.3) is 0 Å². The zero-order valence-electron chi connectivity index (χ0n) is 14.1. The van der Waals surface area contributed by atoms with E-state index in [-0.39, 0.29) is 23.3 Å². The van der Waals surface area contributed by atoms with Crippen LogP contribution in [0.2, 0.25) is 0 Å². The number of hydrogen-bond acceptors (Lipinski definition) is 2. The van der Waals surface area contributed by atoms with Crippen molar-refractivity contribution in [3.05, 3.63) is 71.0 Å². The summed E-state index contributed by atoms with van der Waals surface area (Å²) in [7, 11) is 0. The fourth-order valence-corrected chi connectivity index (χ4v) is 2.69. The van der Waals surface area contributed by atoms with Crippen molar-refractivity contribution in [1.29, 1.82) is 5.26 Å². The largest absolute Gasteiger partial charge is 0.303 e. The molecule has 0 aliphatic rings. The molecule has 0 heterocycles. The van der Waals surface area contributed by atoms with Crippen molar-refractivity contribution in [1.82, 2.24) is 5.32 Å². The molecule has 3 heteroatoms. The molecule has 0 aliphatic carbocycles. The molecule has 2 aromatic rings. The molecule has 2 nitrogen and oxygen atoms in total. The Labute approximate surface area is 138 Å². The van der Waals surface area contributed by atoms with Crippen molar-refractivity contribution in [3.63, 3.8) is 0 Å². The Hall–Kier alpha value is -2.18. The molecule has 0 fully saturated rings. The van der Waals surface area contributed by atoms with Gasteiger partial charge in [0.15, 0.2) is 0 Å². The summed E-state index contributed by atoms with van der Waals surface area (Å²) < 4.78 is 13.2. The van der Waals surface area contributed by atoms with Gasteiger partial charge in [0.25, 0.3) is 0 Å². The maximum Gasteiger partial charge on any atom is 0.123 e. The molecule has 0 spiro atoms. The Balaban J connectivity index is 2.23. The van der Waals surface area contributed by atoms with E-state index in [0.717, 1.165) is 11.1 Å². The number of halogens is 1. The van der Waals surface area contributed by atoms with Crippen LogP contribution in [0, 0.1) is 22.6 Å². The molecular weight excluding hydrogens is 287 g/mol. The van der Waals surface area contributed by atoms with Crippen LogP contribution in [0.3, 0.4) is 0 Å². The summed E-state index contributed by atoms with van der Waals surface area (Å²) in [6, 6.07) is 16.6. The lowest BCUT2D eigenvalue weighted by Crippen LogP contribution is -2.34. The number of nitrogens with zero attached hydrogens (tertiary/aromatic N) is 1. The van der Waals surface area contributed by atoms with E-state index < -0.39 is 0 Å². The van der Waals surface area contributed by atoms with Gasteiger partial charge in [-0.2, -0.15) is 5.26 Å². The summed E-state index contributed by atoms with van der Waals surface area (Å²) in [6.45, 7) is 8.60. The third kappa shape index (κ3) is 4.40. The van der Waals surface area contributed by atoms with Crippen LogP contribution in [-0.2, 0) is 0 Å². The van der Waals surface area contributed by atoms with Gasteiger partial charge in [-0.1, -0.05) is 45.0 Å². The summed E-state index contributed by atoms with van der Waals surface area (Å²) in [4.78, 5) is 0. The van der Waals surface area contributed by atoms with Crippen molar-refractivity contribution < 1.29 is 4.39 Å². The standard InChI is InChI=1S/C20H23FN2/c1-14(16-7-5-15(13-22)6-8-16)23-19(20(2,3)4)17-9-11-18(21)12-10-17/h5-12,14,19,23H,1-4H3. The Bertz CT molecular complexity index is 676. The minimum absolute atomic E-state index is 0.0152. The fraction of sp³-hybridized carbons (Fsp3) is 0.350. The lowest BCUT2D eigenvalue weighted by molar-refractivity contribution is 0.254. The molecule has 2 atom stereocenters. The first kappa shape index (κ1) is 17.2. The van der Waals surface area contributed by atoms with Crippen molar-refractivity contribution in [2.75, 3.05) is 0 Å². The molecule has 0 amide bonds. The summed E-state index contributed by atoms with van der Waals surface area (Å²) in [5, 5.41) is 12.5. The Morgan fingerprint density at radius 2 is 1.48 bits per heavy atom. The highest BCUT2D eigenvalue weighted by Crippen LogP contribution is 2.35. The lowest BCUT2D eigenvalue weighted by Gasteiger charge is -2.34. The first-order valence-electron chi connectivity index (χ1n) is 7.83. The fourth-order valence-electron chi connectivity index (χ4n) is 2.69. The van der Waals surface area contributed by atoms with Gasteiger partial charge in [0.2, 0.25) is 0 Å². The highest BCUT2D eigenvalue weighted by Gasteiger charge is 2.27. The number of hydrogen-bond donors (Lipinski definition) is 1. The second-order valence-corrected chi connectivity index (χ2v) is 6.97. The van der Waals surface area contributed by atoms with Crippen molar-refractivity contribution in [2.24, 2.45) is 5.41 Å². The highest BCUT2D eigenvalue weighted by atomic mass is 19.1. The molecule has 0 aliphatic heterocycles. The summed E-state index contributed by atoms with van der Waals surface area (Å²) in [6.07, 6.45) is 0. The third-order valence-corrected chi connectivity index (χ3v) is 4.03. The van der Waals surface area contributed by atoms with Gasteiger partial charge >= 0.3 is 0 Å². The molecule has 1 N–H and O–H groups in total. The second kappa shape index (κ2) is 6.93. The maximum absolute atomic E-state index is 13.2.